The fraction of sp³-hybridized carbons (Fsp3) is 0. The van der Waals surface area contributed by atoms with E-state index in [-0.39, 0.29) is 0 Å². The zero-order valence-corrected chi connectivity index (χ0v) is 8.92. The van der Waals surface area contributed by atoms with Gasteiger partial charge >= 0.3 is 0 Å². The smallest absolute Gasteiger partial charge is 0.192 e. The van der Waals surface area contributed by atoms with Crippen molar-refractivity contribution < 1.29 is 4.42 Å². The molecule has 0 radical (unpaired) electrons. The Bertz CT molecular complexity index is 628. The van der Waals surface area contributed by atoms with E-state index in [2.05, 4.69) is 15.2 Å². The largest absolute Gasteiger partial charge is 0.461 e. The molecule has 5 heteroatoms. The fourth-order valence-electron chi connectivity index (χ4n) is 1.59. The predicted octanol–water partition coefficient (Wildman–Crippen LogP) is 2.31. The first kappa shape index (κ1) is 9.65. The number of aromatic nitrogens is 3. The third kappa shape index (κ3) is 1.78. The van der Waals surface area contributed by atoms with Gasteiger partial charge in [-0.3, -0.25) is 5.10 Å². The molecule has 0 aliphatic rings. The first-order valence-electron chi connectivity index (χ1n) is 5.15. The van der Waals surface area contributed by atoms with Gasteiger partial charge in [-0.2, -0.15) is 5.10 Å². The Labute approximate surface area is 97.3 Å². The number of anilines is 1. The highest BCUT2D eigenvalue weighted by Gasteiger charge is 2.09. The topological polar surface area (TPSA) is 80.7 Å². The molecular formula is C12H10N4O. The number of aromatic amines is 1. The van der Waals surface area contributed by atoms with E-state index in [1.54, 1.807) is 12.3 Å². The van der Waals surface area contributed by atoms with Crippen molar-refractivity contribution >= 4 is 5.69 Å². The van der Waals surface area contributed by atoms with Gasteiger partial charge in [0.15, 0.2) is 17.4 Å². The molecule has 5 nitrogen and oxygen atoms in total. The zero-order chi connectivity index (χ0) is 11.7. The van der Waals surface area contributed by atoms with Crippen molar-refractivity contribution in [3.63, 3.8) is 0 Å². The fourth-order valence-corrected chi connectivity index (χ4v) is 1.59. The lowest BCUT2D eigenvalue weighted by Gasteiger charge is -1.95. The Morgan fingerprint density at radius 3 is 2.88 bits per heavy atom. The minimum atomic E-state index is 0.601. The molecule has 0 saturated heterocycles. The lowest BCUT2D eigenvalue weighted by atomic mass is 10.2. The maximum Gasteiger partial charge on any atom is 0.192 e. The van der Waals surface area contributed by atoms with Crippen LogP contribution in [0.2, 0.25) is 0 Å². The number of benzene rings is 1. The van der Waals surface area contributed by atoms with E-state index < -0.39 is 0 Å². The number of H-pyrrole nitrogens is 1. The van der Waals surface area contributed by atoms with E-state index in [9.17, 15) is 0 Å². The van der Waals surface area contributed by atoms with Gasteiger partial charge < -0.3 is 10.2 Å². The minimum Gasteiger partial charge on any atom is -0.461 e. The van der Waals surface area contributed by atoms with Crippen LogP contribution in [-0.4, -0.2) is 15.2 Å². The van der Waals surface area contributed by atoms with Crippen LogP contribution in [0.5, 0.6) is 0 Å². The van der Waals surface area contributed by atoms with E-state index in [1.807, 2.05) is 30.3 Å². The summed E-state index contributed by atoms with van der Waals surface area (Å²) in [6.45, 7) is 0. The van der Waals surface area contributed by atoms with Crippen molar-refractivity contribution in [1.82, 2.24) is 15.2 Å². The van der Waals surface area contributed by atoms with Crippen molar-refractivity contribution in [2.75, 3.05) is 5.73 Å². The lowest BCUT2D eigenvalue weighted by molar-refractivity contribution is 0.577. The van der Waals surface area contributed by atoms with Crippen molar-refractivity contribution in [1.29, 1.82) is 0 Å². The Kier molecular flexibility index (Phi) is 2.15. The first-order valence-corrected chi connectivity index (χ1v) is 5.15. The molecule has 0 saturated carbocycles. The predicted molar refractivity (Wildman–Crippen MR) is 63.9 cm³/mol. The summed E-state index contributed by atoms with van der Waals surface area (Å²) >= 11 is 0. The van der Waals surface area contributed by atoms with Crippen LogP contribution in [0, 0.1) is 0 Å². The SMILES string of the molecule is Nc1cccc(-c2n[nH]c(-c3ccco3)n2)c1. The maximum absolute atomic E-state index is 5.71. The molecule has 3 N–H and O–H groups in total. The Hall–Kier alpha value is -2.56. The average Bonchev–Trinajstić information content (AvgIpc) is 3.00. The van der Waals surface area contributed by atoms with Crippen LogP contribution in [0.1, 0.15) is 0 Å². The Morgan fingerprint density at radius 1 is 1.18 bits per heavy atom. The third-order valence-corrected chi connectivity index (χ3v) is 2.38. The molecule has 0 fully saturated rings. The highest BCUT2D eigenvalue weighted by molar-refractivity contribution is 5.62. The van der Waals surface area contributed by atoms with Gasteiger partial charge in [-0.25, -0.2) is 4.98 Å². The number of nitrogens with one attached hydrogen (secondary N) is 1. The van der Waals surface area contributed by atoms with E-state index in [0.717, 1.165) is 5.56 Å². The number of nitrogens with zero attached hydrogens (tertiary/aromatic N) is 2. The Morgan fingerprint density at radius 2 is 2.12 bits per heavy atom. The van der Waals surface area contributed by atoms with Gasteiger partial charge in [0.2, 0.25) is 0 Å². The molecule has 0 amide bonds. The Balaban J connectivity index is 2.01. The van der Waals surface area contributed by atoms with Gasteiger partial charge in [-0.1, -0.05) is 12.1 Å². The molecule has 3 rings (SSSR count). The summed E-state index contributed by atoms with van der Waals surface area (Å²) in [5, 5.41) is 6.96. The molecule has 17 heavy (non-hydrogen) atoms. The molecule has 0 aliphatic carbocycles. The zero-order valence-electron chi connectivity index (χ0n) is 8.92. The minimum absolute atomic E-state index is 0.601. The lowest BCUT2D eigenvalue weighted by Crippen LogP contribution is -1.86. The molecule has 0 atom stereocenters. The van der Waals surface area contributed by atoms with E-state index >= 15 is 0 Å². The van der Waals surface area contributed by atoms with Crippen LogP contribution in [0.4, 0.5) is 5.69 Å². The maximum atomic E-state index is 5.71. The second kappa shape index (κ2) is 3.79. The van der Waals surface area contributed by atoms with Crippen LogP contribution in [0.3, 0.4) is 0 Å². The highest BCUT2D eigenvalue weighted by atomic mass is 16.3. The summed E-state index contributed by atoms with van der Waals surface area (Å²) in [7, 11) is 0. The van der Waals surface area contributed by atoms with Crippen LogP contribution in [0.25, 0.3) is 23.0 Å². The van der Waals surface area contributed by atoms with Gasteiger partial charge in [-0.05, 0) is 24.3 Å². The molecule has 84 valence electrons. The van der Waals surface area contributed by atoms with Gasteiger partial charge in [0.05, 0.1) is 6.26 Å². The number of hydrogen-bond donors (Lipinski definition) is 2. The van der Waals surface area contributed by atoms with Crippen molar-refractivity contribution in [3.8, 4) is 23.0 Å². The van der Waals surface area contributed by atoms with E-state index in [0.29, 0.717) is 23.1 Å². The number of nitrogens with two attached hydrogens (primary N) is 1. The molecule has 2 aromatic heterocycles. The van der Waals surface area contributed by atoms with Gasteiger partial charge in [0, 0.05) is 11.3 Å². The summed E-state index contributed by atoms with van der Waals surface area (Å²) in [6, 6.07) is 11.1. The summed E-state index contributed by atoms with van der Waals surface area (Å²) < 4.78 is 5.23. The van der Waals surface area contributed by atoms with E-state index in [1.165, 1.54) is 0 Å². The third-order valence-electron chi connectivity index (χ3n) is 2.38. The molecule has 0 bridgehead atoms. The number of hydrogen-bond acceptors (Lipinski definition) is 4. The second-order valence-electron chi connectivity index (χ2n) is 3.61. The molecule has 0 spiro atoms. The van der Waals surface area contributed by atoms with Gasteiger partial charge in [-0.15, -0.1) is 0 Å². The molecular weight excluding hydrogens is 216 g/mol. The quantitative estimate of drug-likeness (QED) is 0.657. The molecule has 0 aliphatic heterocycles. The number of nitrogen functional groups attached to an aromatic ring is 1. The van der Waals surface area contributed by atoms with Crippen LogP contribution < -0.4 is 5.73 Å². The molecule has 0 unspecified atom stereocenters. The summed E-state index contributed by atoms with van der Waals surface area (Å²) in [4.78, 5) is 4.35. The van der Waals surface area contributed by atoms with Crippen molar-refractivity contribution in [3.05, 3.63) is 42.7 Å². The summed E-state index contributed by atoms with van der Waals surface area (Å²) in [5.74, 6) is 1.86. The second-order valence-corrected chi connectivity index (χ2v) is 3.61. The normalized spacial score (nSPS) is 10.6. The first-order chi connectivity index (χ1) is 8.33. The van der Waals surface area contributed by atoms with Gasteiger partial charge in [0.1, 0.15) is 0 Å². The van der Waals surface area contributed by atoms with Crippen molar-refractivity contribution in [2.24, 2.45) is 0 Å². The van der Waals surface area contributed by atoms with E-state index in [4.69, 9.17) is 10.2 Å². The van der Waals surface area contributed by atoms with Gasteiger partial charge in [0.25, 0.3) is 0 Å². The standard InChI is InChI=1S/C12H10N4O/c13-9-4-1-3-8(7-9)11-14-12(16-15-11)10-5-2-6-17-10/h1-7H,13H2,(H,14,15,16). The summed E-state index contributed by atoms with van der Waals surface area (Å²) in [5.41, 5.74) is 7.27. The number of rotatable bonds is 2. The van der Waals surface area contributed by atoms with Crippen LogP contribution in [-0.2, 0) is 0 Å². The molecule has 3 aromatic rings. The average molecular weight is 226 g/mol. The molecule has 1 aromatic carbocycles. The van der Waals surface area contributed by atoms with Crippen molar-refractivity contribution in [2.45, 2.75) is 0 Å². The molecule has 2 heterocycles. The highest BCUT2D eigenvalue weighted by Crippen LogP contribution is 2.21. The van der Waals surface area contributed by atoms with Crippen LogP contribution in [0.15, 0.2) is 47.1 Å². The summed E-state index contributed by atoms with van der Waals surface area (Å²) in [6.07, 6.45) is 1.60. The monoisotopic (exact) mass is 226 g/mol. The number of furan rings is 1. The van der Waals surface area contributed by atoms with Crippen LogP contribution >= 0.6 is 0 Å².